The zero-order chi connectivity index (χ0) is 12.1. The summed E-state index contributed by atoms with van der Waals surface area (Å²) in [5.41, 5.74) is -0.394. The average molecular weight is 257 g/mol. The number of nitrogens with one attached hydrogen (secondary N) is 1. The molecule has 6 nitrogen and oxygen atoms in total. The highest BCUT2D eigenvalue weighted by atomic mass is 31.2. The third kappa shape index (κ3) is 1.37. The second kappa shape index (κ2) is 3.38. The quantitative estimate of drug-likeness (QED) is 0.644. The van der Waals surface area contributed by atoms with Gasteiger partial charge in [0, 0.05) is 5.56 Å². The van der Waals surface area contributed by atoms with Crippen LogP contribution in [0.1, 0.15) is 12.5 Å². The fraction of sp³-hybridized carbons (Fsp3) is 0.400. The van der Waals surface area contributed by atoms with Crippen molar-refractivity contribution in [3.63, 3.8) is 0 Å². The van der Waals surface area contributed by atoms with Gasteiger partial charge in [-0.05, 0) is 14.0 Å². The molecule has 0 spiro atoms. The van der Waals surface area contributed by atoms with Gasteiger partial charge in [0.15, 0.2) is 5.72 Å². The standard InChI is InChI=1S/C10H12NO5P/c1-9(11-2)10(8-6-4-3-5-7-8)13-16-17(12,14-9)15-10/h3-7,11H,1-2H3. The molecule has 3 atom stereocenters. The molecular weight excluding hydrogens is 245 g/mol. The molecule has 0 saturated carbocycles. The van der Waals surface area contributed by atoms with Crippen molar-refractivity contribution in [2.75, 3.05) is 7.05 Å². The molecule has 7 heteroatoms. The molecular formula is C10H12NO5P. The fourth-order valence-corrected chi connectivity index (χ4v) is 3.59. The lowest BCUT2D eigenvalue weighted by molar-refractivity contribution is -0.378. The zero-order valence-corrected chi connectivity index (χ0v) is 10.3. The molecule has 1 aromatic rings. The third-order valence-electron chi connectivity index (χ3n) is 3.04. The molecule has 2 fully saturated rings. The van der Waals surface area contributed by atoms with Gasteiger partial charge in [-0.15, -0.1) is 4.67 Å². The Hall–Kier alpha value is -0.750. The molecule has 2 aliphatic heterocycles. The normalized spacial score (nSPS) is 44.1. The van der Waals surface area contributed by atoms with E-state index in [2.05, 4.69) is 9.99 Å². The second-order valence-electron chi connectivity index (χ2n) is 4.05. The number of phosphoric acid groups is 1. The molecule has 17 heavy (non-hydrogen) atoms. The van der Waals surface area contributed by atoms with Crippen molar-refractivity contribution in [1.29, 1.82) is 0 Å². The Balaban J connectivity index is 2.15. The van der Waals surface area contributed by atoms with Crippen LogP contribution in [0.4, 0.5) is 0 Å². The fourth-order valence-electron chi connectivity index (χ4n) is 2.01. The van der Waals surface area contributed by atoms with Crippen molar-refractivity contribution in [2.24, 2.45) is 0 Å². The molecule has 1 aromatic carbocycles. The van der Waals surface area contributed by atoms with Crippen molar-refractivity contribution in [2.45, 2.75) is 18.4 Å². The predicted octanol–water partition coefficient (Wildman–Crippen LogP) is 1.89. The second-order valence-corrected chi connectivity index (χ2v) is 5.46. The molecule has 92 valence electrons. The number of fused-ring (bicyclic) bond motifs is 2. The Morgan fingerprint density at radius 1 is 1.24 bits per heavy atom. The van der Waals surface area contributed by atoms with Crippen LogP contribution < -0.4 is 5.32 Å². The first-order valence-electron chi connectivity index (χ1n) is 5.17. The minimum atomic E-state index is -3.63. The van der Waals surface area contributed by atoms with Gasteiger partial charge >= 0.3 is 7.82 Å². The van der Waals surface area contributed by atoms with E-state index < -0.39 is 19.3 Å². The van der Waals surface area contributed by atoms with E-state index in [9.17, 15) is 4.57 Å². The van der Waals surface area contributed by atoms with Gasteiger partial charge in [0.25, 0.3) is 5.79 Å². The third-order valence-corrected chi connectivity index (χ3v) is 4.37. The molecule has 3 rings (SSSR count). The minimum absolute atomic E-state index is 0.673. The summed E-state index contributed by atoms with van der Waals surface area (Å²) in [6.07, 6.45) is 0. The van der Waals surface area contributed by atoms with Crippen LogP contribution in [-0.4, -0.2) is 12.8 Å². The lowest BCUT2D eigenvalue weighted by Gasteiger charge is -2.36. The Bertz CT molecular complexity index is 495. The monoisotopic (exact) mass is 257 g/mol. The number of hydrogen-bond acceptors (Lipinski definition) is 6. The van der Waals surface area contributed by atoms with Crippen LogP contribution in [0, 0.1) is 0 Å². The molecule has 1 N–H and O–H groups in total. The summed E-state index contributed by atoms with van der Waals surface area (Å²) in [5, 5.41) is 2.91. The van der Waals surface area contributed by atoms with E-state index in [4.69, 9.17) is 13.9 Å². The van der Waals surface area contributed by atoms with Gasteiger partial charge in [-0.25, -0.2) is 9.09 Å². The van der Waals surface area contributed by atoms with Gasteiger partial charge < -0.3 is 0 Å². The number of likely N-dealkylation sites (N-methyl/N-ethyl adjacent to an activating group) is 1. The Morgan fingerprint density at radius 2 is 1.94 bits per heavy atom. The van der Waals surface area contributed by atoms with Crippen molar-refractivity contribution in [3.05, 3.63) is 35.9 Å². The maximum atomic E-state index is 11.9. The van der Waals surface area contributed by atoms with Crippen LogP contribution in [0.25, 0.3) is 0 Å². The zero-order valence-electron chi connectivity index (χ0n) is 9.38. The maximum Gasteiger partial charge on any atom is 0.507 e. The molecule has 2 saturated heterocycles. The molecule has 0 aliphatic carbocycles. The first-order chi connectivity index (χ1) is 8.04. The van der Waals surface area contributed by atoms with E-state index in [-0.39, 0.29) is 0 Å². The lowest BCUT2D eigenvalue weighted by Crippen LogP contribution is -2.57. The number of hydrogen-bond donors (Lipinski definition) is 1. The Morgan fingerprint density at radius 3 is 2.53 bits per heavy atom. The predicted molar refractivity (Wildman–Crippen MR) is 57.5 cm³/mol. The summed E-state index contributed by atoms with van der Waals surface area (Å²) in [4.78, 5) is 5.16. The van der Waals surface area contributed by atoms with Crippen molar-refractivity contribution < 1.29 is 23.2 Å². The van der Waals surface area contributed by atoms with Gasteiger partial charge in [-0.3, -0.25) is 9.84 Å². The molecule has 0 amide bonds. The summed E-state index contributed by atoms with van der Waals surface area (Å²) >= 11 is 0. The van der Waals surface area contributed by atoms with Gasteiger partial charge in [0.2, 0.25) is 0 Å². The van der Waals surface area contributed by atoms with Crippen LogP contribution in [0.3, 0.4) is 0 Å². The van der Waals surface area contributed by atoms with E-state index in [0.29, 0.717) is 5.56 Å². The van der Waals surface area contributed by atoms with Crippen molar-refractivity contribution in [1.82, 2.24) is 5.32 Å². The lowest BCUT2D eigenvalue weighted by atomic mass is 9.96. The van der Waals surface area contributed by atoms with Crippen molar-refractivity contribution >= 4 is 7.82 Å². The molecule has 2 bridgehead atoms. The van der Waals surface area contributed by atoms with Crippen LogP contribution in [0.2, 0.25) is 0 Å². The smallest absolute Gasteiger partial charge is 0.287 e. The first-order valence-corrected chi connectivity index (χ1v) is 6.63. The highest BCUT2D eigenvalue weighted by Gasteiger charge is 2.73. The van der Waals surface area contributed by atoms with Crippen molar-refractivity contribution in [3.8, 4) is 0 Å². The minimum Gasteiger partial charge on any atom is -0.287 e. The van der Waals surface area contributed by atoms with Crippen LogP contribution in [-0.2, 0) is 29.0 Å². The Kier molecular flexibility index (Phi) is 2.26. The number of rotatable bonds is 2. The molecule has 3 unspecified atom stereocenters. The van der Waals surface area contributed by atoms with E-state index in [1.165, 1.54) is 0 Å². The van der Waals surface area contributed by atoms with Gasteiger partial charge in [0.05, 0.1) is 0 Å². The number of benzene rings is 1. The summed E-state index contributed by atoms with van der Waals surface area (Å²) in [6.45, 7) is 1.70. The topological polar surface area (TPSA) is 66.0 Å². The van der Waals surface area contributed by atoms with Crippen LogP contribution in [0.5, 0.6) is 0 Å². The summed E-state index contributed by atoms with van der Waals surface area (Å²) in [7, 11) is -1.96. The maximum absolute atomic E-state index is 11.9. The summed E-state index contributed by atoms with van der Waals surface area (Å²) in [6, 6.07) is 9.11. The summed E-state index contributed by atoms with van der Waals surface area (Å²) in [5.74, 6) is -1.35. The first kappa shape index (κ1) is 11.3. The molecule has 0 aromatic heterocycles. The van der Waals surface area contributed by atoms with Crippen LogP contribution >= 0.6 is 7.82 Å². The SMILES string of the molecule is CNC1(C)OP2(=O)OOC1(c1ccccc1)O2. The van der Waals surface area contributed by atoms with E-state index in [0.717, 1.165) is 0 Å². The molecule has 0 radical (unpaired) electrons. The average Bonchev–Trinajstić information content (AvgIpc) is 2.80. The molecule has 2 aliphatic rings. The summed E-state index contributed by atoms with van der Waals surface area (Å²) < 4.78 is 27.3. The highest BCUT2D eigenvalue weighted by molar-refractivity contribution is 7.48. The van der Waals surface area contributed by atoms with E-state index >= 15 is 0 Å². The van der Waals surface area contributed by atoms with E-state index in [1.807, 2.05) is 18.2 Å². The molecule has 2 heterocycles. The van der Waals surface area contributed by atoms with Gasteiger partial charge in [-0.1, -0.05) is 30.3 Å². The largest absolute Gasteiger partial charge is 0.507 e. The number of phosphoric ester groups is 1. The van der Waals surface area contributed by atoms with Crippen LogP contribution in [0.15, 0.2) is 30.3 Å². The highest BCUT2D eigenvalue weighted by Crippen LogP contribution is 2.73. The Labute approximate surface area is 98.4 Å². The van der Waals surface area contributed by atoms with E-state index in [1.54, 1.807) is 26.1 Å². The van der Waals surface area contributed by atoms with Gasteiger partial charge in [-0.2, -0.15) is 4.89 Å². The van der Waals surface area contributed by atoms with Gasteiger partial charge in [0.1, 0.15) is 0 Å².